The van der Waals surface area contributed by atoms with E-state index >= 15 is 0 Å². The molecule has 0 fully saturated rings. The van der Waals surface area contributed by atoms with Gasteiger partial charge in [0.15, 0.2) is 0 Å². The summed E-state index contributed by atoms with van der Waals surface area (Å²) in [7, 11) is 1.65. The van der Waals surface area contributed by atoms with E-state index in [4.69, 9.17) is 4.74 Å². The van der Waals surface area contributed by atoms with E-state index < -0.39 is 6.10 Å². The van der Waals surface area contributed by atoms with Crippen molar-refractivity contribution in [3.8, 4) is 5.75 Å². The second-order valence-electron chi connectivity index (χ2n) is 4.35. The van der Waals surface area contributed by atoms with Gasteiger partial charge in [-0.2, -0.15) is 0 Å². The maximum atomic E-state index is 10.1. The number of nitrogens with one attached hydrogen (secondary N) is 1. The molecule has 0 heterocycles. The van der Waals surface area contributed by atoms with Crippen molar-refractivity contribution in [1.82, 2.24) is 5.32 Å². The minimum absolute atomic E-state index is 0.518. The highest BCUT2D eigenvalue weighted by Gasteiger charge is 2.15. The van der Waals surface area contributed by atoms with Crippen LogP contribution in [0.15, 0.2) is 12.1 Å². The van der Waals surface area contributed by atoms with Crippen molar-refractivity contribution in [3.05, 3.63) is 28.8 Å². The van der Waals surface area contributed by atoms with Crippen LogP contribution < -0.4 is 10.1 Å². The maximum Gasteiger partial charge on any atom is 0.127 e. The molecule has 0 aliphatic heterocycles. The molecule has 0 aliphatic carbocycles. The fraction of sp³-hybridized carbons (Fsp3) is 0.571. The van der Waals surface area contributed by atoms with Gasteiger partial charge in [0, 0.05) is 12.1 Å². The van der Waals surface area contributed by atoms with Gasteiger partial charge in [-0.3, -0.25) is 0 Å². The lowest BCUT2D eigenvalue weighted by Gasteiger charge is -2.18. The zero-order valence-electron chi connectivity index (χ0n) is 11.2. The van der Waals surface area contributed by atoms with Crippen LogP contribution in [-0.4, -0.2) is 25.3 Å². The molecule has 17 heavy (non-hydrogen) atoms. The van der Waals surface area contributed by atoms with Gasteiger partial charge < -0.3 is 15.2 Å². The third kappa shape index (κ3) is 3.45. The molecule has 0 bridgehead atoms. The van der Waals surface area contributed by atoms with Crippen LogP contribution in [0.5, 0.6) is 5.75 Å². The fourth-order valence-corrected chi connectivity index (χ4v) is 1.87. The number of methoxy groups -OCH3 is 1. The van der Waals surface area contributed by atoms with Crippen LogP contribution >= 0.6 is 0 Å². The first-order valence-corrected chi connectivity index (χ1v) is 6.14. The Bertz CT molecular complexity index is 363. The predicted octanol–water partition coefficient (Wildman–Crippen LogP) is 2.35. The highest BCUT2D eigenvalue weighted by Crippen LogP contribution is 2.30. The zero-order chi connectivity index (χ0) is 12.8. The average Bonchev–Trinajstić information content (AvgIpc) is 2.32. The maximum absolute atomic E-state index is 10.1. The molecule has 3 nitrogen and oxygen atoms in total. The monoisotopic (exact) mass is 237 g/mol. The van der Waals surface area contributed by atoms with Gasteiger partial charge in [-0.05, 0) is 37.9 Å². The molecule has 0 aromatic heterocycles. The summed E-state index contributed by atoms with van der Waals surface area (Å²) in [5.41, 5.74) is 3.14. The Morgan fingerprint density at radius 3 is 2.65 bits per heavy atom. The summed E-state index contributed by atoms with van der Waals surface area (Å²) in [6.07, 6.45) is 0.548. The second-order valence-corrected chi connectivity index (χ2v) is 4.35. The first kappa shape index (κ1) is 14.0. The van der Waals surface area contributed by atoms with Gasteiger partial charge in [0.25, 0.3) is 0 Å². The zero-order valence-corrected chi connectivity index (χ0v) is 11.2. The van der Waals surface area contributed by atoms with E-state index in [9.17, 15) is 5.11 Å². The minimum atomic E-state index is -0.518. The van der Waals surface area contributed by atoms with Gasteiger partial charge in [0.2, 0.25) is 0 Å². The number of aryl methyl sites for hydroxylation is 1. The van der Waals surface area contributed by atoms with Crippen molar-refractivity contribution in [2.45, 2.75) is 33.3 Å². The van der Waals surface area contributed by atoms with Crippen molar-refractivity contribution >= 4 is 0 Å². The number of aliphatic hydroxyl groups is 1. The van der Waals surface area contributed by atoms with Crippen LogP contribution in [-0.2, 0) is 0 Å². The Balaban J connectivity index is 2.85. The van der Waals surface area contributed by atoms with Crippen molar-refractivity contribution in [3.63, 3.8) is 0 Å². The third-order valence-electron chi connectivity index (χ3n) is 3.03. The molecule has 1 aromatic carbocycles. The van der Waals surface area contributed by atoms with Gasteiger partial charge in [0.05, 0.1) is 13.2 Å². The van der Waals surface area contributed by atoms with Crippen molar-refractivity contribution in [2.24, 2.45) is 0 Å². The van der Waals surface area contributed by atoms with Gasteiger partial charge in [-0.1, -0.05) is 19.1 Å². The van der Waals surface area contributed by atoms with E-state index in [1.165, 1.54) is 5.56 Å². The summed E-state index contributed by atoms with van der Waals surface area (Å²) in [5, 5.41) is 13.3. The Morgan fingerprint density at radius 2 is 2.06 bits per heavy atom. The van der Waals surface area contributed by atoms with Gasteiger partial charge in [-0.25, -0.2) is 0 Å². The van der Waals surface area contributed by atoms with Crippen LogP contribution in [0.4, 0.5) is 0 Å². The summed E-state index contributed by atoms with van der Waals surface area (Å²) < 4.78 is 5.40. The van der Waals surface area contributed by atoms with Crippen LogP contribution in [0, 0.1) is 13.8 Å². The summed E-state index contributed by atoms with van der Waals surface area (Å²) >= 11 is 0. The number of rotatable bonds is 6. The molecule has 1 atom stereocenters. The van der Waals surface area contributed by atoms with Gasteiger partial charge >= 0.3 is 0 Å². The Hall–Kier alpha value is -1.06. The Morgan fingerprint density at radius 1 is 1.35 bits per heavy atom. The summed E-state index contributed by atoms with van der Waals surface area (Å²) in [6, 6.07) is 3.97. The first-order valence-electron chi connectivity index (χ1n) is 6.14. The summed E-state index contributed by atoms with van der Waals surface area (Å²) in [6.45, 7) is 7.65. The Labute approximate surface area is 104 Å². The fourth-order valence-electron chi connectivity index (χ4n) is 1.87. The predicted molar refractivity (Wildman–Crippen MR) is 70.6 cm³/mol. The summed E-state index contributed by atoms with van der Waals surface area (Å²) in [4.78, 5) is 0. The van der Waals surface area contributed by atoms with Crippen LogP contribution in [0.2, 0.25) is 0 Å². The number of hydrogen-bond acceptors (Lipinski definition) is 3. The van der Waals surface area contributed by atoms with E-state index in [1.54, 1.807) is 7.11 Å². The van der Waals surface area contributed by atoms with Crippen molar-refractivity contribution in [2.75, 3.05) is 20.2 Å². The standard InChI is InChI=1S/C14H23NO2/c1-5-8-15-9-13(16)12-7-6-10(2)11(3)14(12)17-4/h6-7,13,15-16H,5,8-9H2,1-4H3. The quantitative estimate of drug-likeness (QED) is 0.746. The van der Waals surface area contributed by atoms with Crippen LogP contribution in [0.1, 0.15) is 36.1 Å². The van der Waals surface area contributed by atoms with E-state index in [2.05, 4.69) is 12.2 Å². The van der Waals surface area contributed by atoms with Gasteiger partial charge in [0.1, 0.15) is 5.75 Å². The molecule has 1 aromatic rings. The molecule has 0 aliphatic rings. The largest absolute Gasteiger partial charge is 0.496 e. The number of benzene rings is 1. The normalized spacial score (nSPS) is 12.5. The van der Waals surface area contributed by atoms with E-state index in [0.717, 1.165) is 29.8 Å². The van der Waals surface area contributed by atoms with Crippen molar-refractivity contribution < 1.29 is 9.84 Å². The molecule has 2 N–H and O–H groups in total. The smallest absolute Gasteiger partial charge is 0.127 e. The molecule has 0 spiro atoms. The number of ether oxygens (including phenoxy) is 1. The number of aliphatic hydroxyl groups excluding tert-OH is 1. The van der Waals surface area contributed by atoms with E-state index in [1.807, 2.05) is 26.0 Å². The second kappa shape index (κ2) is 6.62. The Kier molecular flexibility index (Phi) is 5.45. The molecule has 0 radical (unpaired) electrons. The molecular weight excluding hydrogens is 214 g/mol. The average molecular weight is 237 g/mol. The van der Waals surface area contributed by atoms with E-state index in [0.29, 0.717) is 6.54 Å². The lowest BCUT2D eigenvalue weighted by molar-refractivity contribution is 0.170. The highest BCUT2D eigenvalue weighted by molar-refractivity contribution is 5.46. The van der Waals surface area contributed by atoms with Crippen LogP contribution in [0.25, 0.3) is 0 Å². The SMILES string of the molecule is CCCNCC(O)c1ccc(C)c(C)c1OC. The topological polar surface area (TPSA) is 41.5 Å². The van der Waals surface area contributed by atoms with Crippen molar-refractivity contribution in [1.29, 1.82) is 0 Å². The minimum Gasteiger partial charge on any atom is -0.496 e. The molecule has 0 saturated carbocycles. The molecule has 3 heteroatoms. The molecule has 0 saturated heterocycles. The molecule has 96 valence electrons. The lowest BCUT2D eigenvalue weighted by Crippen LogP contribution is -2.22. The number of hydrogen-bond donors (Lipinski definition) is 2. The van der Waals surface area contributed by atoms with E-state index in [-0.39, 0.29) is 0 Å². The van der Waals surface area contributed by atoms with Crippen LogP contribution in [0.3, 0.4) is 0 Å². The molecule has 0 amide bonds. The third-order valence-corrected chi connectivity index (χ3v) is 3.03. The lowest BCUT2D eigenvalue weighted by atomic mass is 10.0. The first-order chi connectivity index (χ1) is 8.11. The molecular formula is C14H23NO2. The van der Waals surface area contributed by atoms with Gasteiger partial charge in [-0.15, -0.1) is 0 Å². The highest BCUT2D eigenvalue weighted by atomic mass is 16.5. The molecule has 1 unspecified atom stereocenters. The summed E-state index contributed by atoms with van der Waals surface area (Å²) in [5.74, 6) is 0.802. The molecule has 1 rings (SSSR count).